The first-order valence-corrected chi connectivity index (χ1v) is 11.6. The van der Waals surface area contributed by atoms with Gasteiger partial charge in [0.2, 0.25) is 5.91 Å². The number of hydrogen-bond donors (Lipinski definition) is 0. The van der Waals surface area contributed by atoms with Gasteiger partial charge in [0.15, 0.2) is 0 Å². The molecule has 1 unspecified atom stereocenters. The molecule has 4 saturated heterocycles. The van der Waals surface area contributed by atoms with Gasteiger partial charge < -0.3 is 9.80 Å². The lowest BCUT2D eigenvalue weighted by molar-refractivity contribution is -0.157. The van der Waals surface area contributed by atoms with Crippen LogP contribution in [0.5, 0.6) is 0 Å². The van der Waals surface area contributed by atoms with Crippen LogP contribution in [-0.4, -0.2) is 64.3 Å². The first-order chi connectivity index (χ1) is 14.1. The van der Waals surface area contributed by atoms with Gasteiger partial charge in [-0.25, -0.2) is 0 Å². The average Bonchev–Trinajstić information content (AvgIpc) is 3.07. The molecule has 5 heterocycles. The lowest BCUT2D eigenvalue weighted by Crippen LogP contribution is -2.69. The number of carbonyl (C=O) groups is 2. The quantitative estimate of drug-likeness (QED) is 0.737. The van der Waals surface area contributed by atoms with Crippen LogP contribution in [-0.2, 0) is 11.3 Å². The zero-order chi connectivity index (χ0) is 19.7. The van der Waals surface area contributed by atoms with E-state index in [-0.39, 0.29) is 17.9 Å². The summed E-state index contributed by atoms with van der Waals surface area (Å²) >= 11 is 0. The van der Waals surface area contributed by atoms with Crippen molar-refractivity contribution in [2.75, 3.05) is 19.6 Å². The summed E-state index contributed by atoms with van der Waals surface area (Å²) in [5.74, 6) is 1.54. The molecule has 0 spiro atoms. The Bertz CT molecular complexity index is 866. The van der Waals surface area contributed by atoms with Crippen molar-refractivity contribution in [2.24, 2.45) is 11.8 Å². The Hall–Kier alpha value is -1.88. The third-order valence-corrected chi connectivity index (χ3v) is 8.58. The van der Waals surface area contributed by atoms with Crippen LogP contribution in [0.3, 0.4) is 0 Å². The lowest BCUT2D eigenvalue weighted by Gasteiger charge is -2.59. The van der Waals surface area contributed by atoms with E-state index < -0.39 is 0 Å². The third kappa shape index (κ3) is 2.56. The smallest absolute Gasteiger partial charge is 0.255 e. The van der Waals surface area contributed by atoms with Crippen LogP contribution >= 0.6 is 0 Å². The van der Waals surface area contributed by atoms with E-state index in [1.807, 2.05) is 17.0 Å². The average molecular weight is 394 g/mol. The van der Waals surface area contributed by atoms with Crippen LogP contribution in [0, 0.1) is 18.8 Å². The molecule has 2 amide bonds. The van der Waals surface area contributed by atoms with Gasteiger partial charge in [-0.15, -0.1) is 0 Å². The zero-order valence-corrected chi connectivity index (χ0v) is 17.3. The SMILES string of the molecule is Cc1cccc2c1CN(C1CC[C@@H]3[C@H]4CCCN5CCC[C@H](CN3C1=O)[C@@H]45)C2=O. The van der Waals surface area contributed by atoms with Crippen LogP contribution in [0.1, 0.15) is 60.0 Å². The summed E-state index contributed by atoms with van der Waals surface area (Å²) in [6, 6.07) is 6.76. The fourth-order valence-corrected chi connectivity index (χ4v) is 7.31. The minimum Gasteiger partial charge on any atom is -0.337 e. The second-order valence-electron chi connectivity index (χ2n) is 9.92. The monoisotopic (exact) mass is 393 g/mol. The molecule has 0 radical (unpaired) electrons. The van der Waals surface area contributed by atoms with Gasteiger partial charge in [0.25, 0.3) is 5.91 Å². The highest BCUT2D eigenvalue weighted by atomic mass is 16.2. The van der Waals surface area contributed by atoms with Crippen LogP contribution in [0.2, 0.25) is 0 Å². The largest absolute Gasteiger partial charge is 0.337 e. The molecular formula is C24H31N3O2. The maximum atomic E-state index is 13.7. The molecule has 0 aromatic heterocycles. The molecule has 5 aliphatic heterocycles. The summed E-state index contributed by atoms with van der Waals surface area (Å²) in [6.07, 6.45) is 6.94. The highest BCUT2D eigenvalue weighted by molar-refractivity contribution is 6.01. The van der Waals surface area contributed by atoms with Gasteiger partial charge in [-0.2, -0.15) is 0 Å². The van der Waals surface area contributed by atoms with E-state index in [0.29, 0.717) is 30.5 Å². The molecule has 0 N–H and O–H groups in total. The molecule has 5 aliphatic rings. The summed E-state index contributed by atoms with van der Waals surface area (Å²) in [5, 5.41) is 0. The molecule has 1 aromatic carbocycles. The predicted molar refractivity (Wildman–Crippen MR) is 110 cm³/mol. The van der Waals surface area contributed by atoms with Crippen molar-refractivity contribution in [3.63, 3.8) is 0 Å². The molecule has 6 rings (SSSR count). The maximum absolute atomic E-state index is 13.7. The van der Waals surface area contributed by atoms with E-state index in [2.05, 4.69) is 22.8 Å². The van der Waals surface area contributed by atoms with E-state index in [4.69, 9.17) is 0 Å². The van der Waals surface area contributed by atoms with Crippen molar-refractivity contribution in [3.05, 3.63) is 34.9 Å². The Balaban J connectivity index is 1.27. The van der Waals surface area contributed by atoms with Crippen molar-refractivity contribution in [3.8, 4) is 0 Å². The number of nitrogens with zero attached hydrogens (tertiary/aromatic N) is 3. The van der Waals surface area contributed by atoms with E-state index in [0.717, 1.165) is 36.1 Å². The second kappa shape index (κ2) is 6.56. The van der Waals surface area contributed by atoms with Crippen molar-refractivity contribution >= 4 is 11.8 Å². The molecule has 5 heteroatoms. The molecule has 1 aromatic rings. The number of benzene rings is 1. The Morgan fingerprint density at radius 3 is 2.62 bits per heavy atom. The number of carbonyl (C=O) groups excluding carboxylic acids is 2. The summed E-state index contributed by atoms with van der Waals surface area (Å²) in [4.78, 5) is 33.6. The normalized spacial score (nSPS) is 36.7. The molecule has 154 valence electrons. The molecule has 0 saturated carbocycles. The van der Waals surface area contributed by atoms with E-state index >= 15 is 0 Å². The number of hydrogen-bond acceptors (Lipinski definition) is 3. The van der Waals surface area contributed by atoms with Crippen LogP contribution < -0.4 is 0 Å². The number of aryl methyl sites for hydroxylation is 1. The van der Waals surface area contributed by atoms with Crippen molar-refractivity contribution in [1.29, 1.82) is 0 Å². The van der Waals surface area contributed by atoms with Gasteiger partial charge in [-0.3, -0.25) is 14.5 Å². The standard InChI is InChI=1S/C24H31N3O2/c1-15-5-2-7-17-19(15)14-27(23(17)28)21-10-9-20-18-8-4-12-25-11-3-6-16(22(18)25)13-26(20)24(21)29/h2,5,7,16,18,20-22H,3-4,6,8-14H2,1H3/t16-,18-,20-,21?,22+/m1/s1. The van der Waals surface area contributed by atoms with Gasteiger partial charge in [0.1, 0.15) is 6.04 Å². The van der Waals surface area contributed by atoms with Gasteiger partial charge in [0, 0.05) is 30.7 Å². The first-order valence-electron chi connectivity index (χ1n) is 11.6. The minimum absolute atomic E-state index is 0.0527. The highest BCUT2D eigenvalue weighted by Gasteiger charge is 2.53. The predicted octanol–water partition coefficient (Wildman–Crippen LogP) is 2.81. The Morgan fingerprint density at radius 1 is 0.966 bits per heavy atom. The van der Waals surface area contributed by atoms with E-state index in [1.165, 1.54) is 38.8 Å². The van der Waals surface area contributed by atoms with E-state index in [1.54, 1.807) is 0 Å². The van der Waals surface area contributed by atoms with Gasteiger partial charge in [-0.1, -0.05) is 12.1 Å². The molecule has 29 heavy (non-hydrogen) atoms. The third-order valence-electron chi connectivity index (χ3n) is 8.58. The van der Waals surface area contributed by atoms with Crippen LogP contribution in [0.15, 0.2) is 18.2 Å². The van der Waals surface area contributed by atoms with Crippen molar-refractivity contribution < 1.29 is 9.59 Å². The fourth-order valence-electron chi connectivity index (χ4n) is 7.31. The Kier molecular flexibility index (Phi) is 4.06. The van der Waals surface area contributed by atoms with Crippen LogP contribution in [0.25, 0.3) is 0 Å². The van der Waals surface area contributed by atoms with Gasteiger partial charge in [-0.05, 0) is 87.6 Å². The number of fused-ring (bicyclic) bond motifs is 3. The summed E-state index contributed by atoms with van der Waals surface area (Å²) < 4.78 is 0. The lowest BCUT2D eigenvalue weighted by atomic mass is 9.67. The first kappa shape index (κ1) is 17.9. The number of piperidine rings is 4. The second-order valence-corrected chi connectivity index (χ2v) is 9.92. The molecule has 0 bridgehead atoms. The van der Waals surface area contributed by atoms with Gasteiger partial charge >= 0.3 is 0 Å². The van der Waals surface area contributed by atoms with Crippen molar-refractivity contribution in [1.82, 2.24) is 14.7 Å². The number of rotatable bonds is 1. The zero-order valence-electron chi connectivity index (χ0n) is 17.3. The summed E-state index contributed by atoms with van der Waals surface area (Å²) in [5.41, 5.74) is 3.07. The van der Waals surface area contributed by atoms with Crippen molar-refractivity contribution in [2.45, 2.75) is 70.1 Å². The molecule has 4 fully saturated rings. The Morgan fingerprint density at radius 2 is 1.79 bits per heavy atom. The van der Waals surface area contributed by atoms with E-state index in [9.17, 15) is 9.59 Å². The minimum atomic E-state index is -0.273. The Labute approximate surface area is 173 Å². The molecular weight excluding hydrogens is 362 g/mol. The summed E-state index contributed by atoms with van der Waals surface area (Å²) in [6.45, 7) is 6.07. The summed E-state index contributed by atoms with van der Waals surface area (Å²) in [7, 11) is 0. The highest BCUT2D eigenvalue weighted by Crippen LogP contribution is 2.45. The van der Waals surface area contributed by atoms with Crippen LogP contribution in [0.4, 0.5) is 0 Å². The van der Waals surface area contributed by atoms with Gasteiger partial charge in [0.05, 0.1) is 0 Å². The molecule has 5 atom stereocenters. The molecule has 0 aliphatic carbocycles. The maximum Gasteiger partial charge on any atom is 0.255 e. The molecule has 5 nitrogen and oxygen atoms in total. The topological polar surface area (TPSA) is 43.9 Å². The number of amides is 2. The fraction of sp³-hybridized carbons (Fsp3) is 0.667.